The largest absolute Gasteiger partial charge is 0.103 e. The predicted molar refractivity (Wildman–Crippen MR) is 55.6 cm³/mol. The summed E-state index contributed by atoms with van der Waals surface area (Å²) in [5.74, 6) is 0. The summed E-state index contributed by atoms with van der Waals surface area (Å²) in [7, 11) is 1.20. The van der Waals surface area contributed by atoms with Crippen molar-refractivity contribution >= 4 is 26.2 Å². The van der Waals surface area contributed by atoms with Crippen molar-refractivity contribution in [2.75, 3.05) is 0 Å². The van der Waals surface area contributed by atoms with E-state index in [1.165, 1.54) is 23.1 Å². The zero-order valence-corrected chi connectivity index (χ0v) is 10.4. The zero-order valence-electron chi connectivity index (χ0n) is 6.86. The van der Waals surface area contributed by atoms with Gasteiger partial charge in [0.25, 0.3) is 0 Å². The second-order valence-corrected chi connectivity index (χ2v) is 4.99. The number of rotatable bonds is 5. The van der Waals surface area contributed by atoms with Crippen LogP contribution in [0.25, 0.3) is 0 Å². The lowest BCUT2D eigenvalue weighted by Gasteiger charge is -2.14. The van der Waals surface area contributed by atoms with Gasteiger partial charge >= 0.3 is 0 Å². The minimum Gasteiger partial charge on any atom is -0.103 e. The van der Waals surface area contributed by atoms with Gasteiger partial charge in [-0.2, -0.15) is 0 Å². The van der Waals surface area contributed by atoms with E-state index >= 15 is 0 Å². The molecule has 2 heteroatoms. The van der Waals surface area contributed by atoms with Crippen molar-refractivity contribution in [3.8, 4) is 0 Å². The first-order valence-corrected chi connectivity index (χ1v) is 5.71. The van der Waals surface area contributed by atoms with Crippen LogP contribution in [-0.4, -0.2) is 15.1 Å². The molecule has 0 N–H and O–H groups in total. The molecular weight excluding hydrogens is 204 g/mol. The number of halogens is 1. The molecule has 0 nitrogen and oxygen atoms in total. The number of alkyl halides is 1. The highest BCUT2D eigenvalue weighted by Gasteiger charge is 2.10. The predicted octanol–water partition coefficient (Wildman–Crippen LogP) is 2.02. The van der Waals surface area contributed by atoms with E-state index < -0.39 is 0 Å². The Balaban J connectivity index is 3.47. The molecule has 0 bridgehead atoms. The van der Waals surface area contributed by atoms with Crippen molar-refractivity contribution in [2.24, 2.45) is 0 Å². The first kappa shape index (κ1) is 10.4. The maximum Gasteiger partial charge on any atom is 0.0174 e. The lowest BCUT2D eigenvalue weighted by atomic mass is 10.1. The van der Waals surface area contributed by atoms with E-state index in [0.29, 0.717) is 4.83 Å². The molecule has 0 fully saturated rings. The lowest BCUT2D eigenvalue weighted by molar-refractivity contribution is 0.778. The molecule has 0 rings (SSSR count). The molecule has 0 spiro atoms. The van der Waals surface area contributed by atoms with Crippen LogP contribution < -0.4 is 0 Å². The molecule has 1 atom stereocenters. The van der Waals surface area contributed by atoms with Crippen LogP contribution in [0.4, 0.5) is 0 Å². The molecule has 0 aliphatic heterocycles. The van der Waals surface area contributed by atoms with Crippen LogP contribution in [0.5, 0.6) is 0 Å². The minimum atomic E-state index is 0.655. The summed E-state index contributed by atoms with van der Waals surface area (Å²) >= 11 is 3.65. The second kappa shape index (κ2) is 6.17. The summed E-state index contributed by atoms with van der Waals surface area (Å²) in [6, 6.07) is 0. The molecule has 1 unspecified atom stereocenters. The smallest absolute Gasteiger partial charge is 0.0174 e. The summed E-state index contributed by atoms with van der Waals surface area (Å²) in [6.45, 7) is 5.94. The minimum absolute atomic E-state index is 0.655. The Morgan fingerprint density at radius 2 is 2.40 bits per heavy atom. The van der Waals surface area contributed by atoms with E-state index in [-0.39, 0.29) is 0 Å². The second-order valence-electron chi connectivity index (χ2n) is 2.60. The van der Waals surface area contributed by atoms with Gasteiger partial charge in [0.1, 0.15) is 0 Å². The van der Waals surface area contributed by atoms with Gasteiger partial charge in [-0.15, -0.1) is 6.58 Å². The zero-order chi connectivity index (χ0) is 7.98. The van der Waals surface area contributed by atoms with Gasteiger partial charge in [0.15, 0.2) is 0 Å². The highest BCUT2D eigenvalue weighted by atomic mass is 79.9. The van der Waals surface area contributed by atoms with Crippen LogP contribution in [-0.2, 0) is 0 Å². The molecule has 0 amide bonds. The summed E-state index contributed by atoms with van der Waals surface area (Å²) in [5.41, 5.74) is 1.62. The van der Waals surface area contributed by atoms with Crippen LogP contribution in [0.3, 0.4) is 0 Å². The first-order valence-electron chi connectivity index (χ1n) is 3.79. The van der Waals surface area contributed by atoms with E-state index in [9.17, 15) is 0 Å². The molecule has 1 radical (unpaired) electrons. The normalized spacial score (nSPS) is 13.9. The van der Waals surface area contributed by atoms with Crippen molar-refractivity contribution in [3.63, 3.8) is 0 Å². The molecule has 0 aromatic rings. The van der Waals surface area contributed by atoms with Gasteiger partial charge in [-0.3, -0.25) is 0 Å². The molecule has 0 aromatic carbocycles. The number of allylic oxidation sites excluding steroid dienone is 1. The fraction of sp³-hybridized carbons (Fsp3) is 0.625. The Morgan fingerprint density at radius 1 is 1.80 bits per heavy atom. The average Bonchev–Trinajstić information content (AvgIpc) is 1.89. The molecule has 0 aliphatic carbocycles. The van der Waals surface area contributed by atoms with Crippen molar-refractivity contribution in [2.45, 2.75) is 31.0 Å². The van der Waals surface area contributed by atoms with Gasteiger partial charge in [-0.1, -0.05) is 35.4 Å². The van der Waals surface area contributed by atoms with Crippen molar-refractivity contribution in [1.29, 1.82) is 0 Å². The van der Waals surface area contributed by atoms with Gasteiger partial charge in [-0.25, -0.2) is 0 Å². The van der Waals surface area contributed by atoms with Crippen LogP contribution in [0.2, 0.25) is 0 Å². The van der Waals surface area contributed by atoms with Crippen LogP contribution in [0.1, 0.15) is 26.2 Å². The quantitative estimate of drug-likeness (QED) is 0.378. The van der Waals surface area contributed by atoms with Crippen LogP contribution in [0, 0.1) is 5.54 Å². The van der Waals surface area contributed by atoms with Gasteiger partial charge in [0.05, 0.1) is 0 Å². The number of hydrogen-bond acceptors (Lipinski definition) is 0. The van der Waals surface area contributed by atoms with E-state index in [0.717, 1.165) is 6.42 Å². The van der Waals surface area contributed by atoms with E-state index in [2.05, 4.69) is 29.4 Å². The molecule has 0 aromatic heterocycles. The Labute approximate surface area is 75.6 Å². The SMILES string of the molecule is C=CC[C]([SiH3])C(Br)CCC. The third-order valence-electron chi connectivity index (χ3n) is 1.54. The standard InChI is InChI=1S/C8H16BrSi/c1-3-5-7(9)8(10)6-4-2/h4,7H,2-3,5-6H2,1,10H3. The topological polar surface area (TPSA) is 0 Å². The van der Waals surface area contributed by atoms with Gasteiger partial charge < -0.3 is 0 Å². The van der Waals surface area contributed by atoms with Gasteiger partial charge in [0, 0.05) is 15.1 Å². The summed E-state index contributed by atoms with van der Waals surface area (Å²) in [6.07, 6.45) is 5.62. The lowest BCUT2D eigenvalue weighted by Crippen LogP contribution is -2.10. The molecule has 59 valence electrons. The average molecular weight is 220 g/mol. The van der Waals surface area contributed by atoms with Crippen molar-refractivity contribution < 1.29 is 0 Å². The third kappa shape index (κ3) is 4.28. The molecule has 10 heavy (non-hydrogen) atoms. The Bertz CT molecular complexity index is 93.3. The fourth-order valence-corrected chi connectivity index (χ4v) is 2.08. The summed E-state index contributed by atoms with van der Waals surface area (Å²) < 4.78 is 0. The van der Waals surface area contributed by atoms with Gasteiger partial charge in [-0.05, 0) is 18.4 Å². The molecule has 0 saturated heterocycles. The van der Waals surface area contributed by atoms with Crippen LogP contribution >= 0.6 is 15.9 Å². The maximum atomic E-state index is 3.72. The fourth-order valence-electron chi connectivity index (χ4n) is 0.855. The summed E-state index contributed by atoms with van der Waals surface area (Å²) in [5, 5.41) is 0. The van der Waals surface area contributed by atoms with Crippen LogP contribution in [0.15, 0.2) is 12.7 Å². The van der Waals surface area contributed by atoms with Gasteiger partial charge in [0.2, 0.25) is 0 Å². The molecular formula is C8H16BrSi. The van der Waals surface area contributed by atoms with E-state index in [4.69, 9.17) is 0 Å². The first-order chi connectivity index (χ1) is 4.72. The molecule has 0 aliphatic rings. The summed E-state index contributed by atoms with van der Waals surface area (Å²) in [4.78, 5) is 0.655. The van der Waals surface area contributed by atoms with Crippen molar-refractivity contribution in [3.05, 3.63) is 18.2 Å². The van der Waals surface area contributed by atoms with Crippen molar-refractivity contribution in [1.82, 2.24) is 0 Å². The third-order valence-corrected chi connectivity index (χ3v) is 4.73. The molecule has 0 heterocycles. The Hall–Kier alpha value is 0.437. The Kier molecular flexibility index (Phi) is 6.44. The number of hydrogen-bond donors (Lipinski definition) is 0. The highest BCUT2D eigenvalue weighted by molar-refractivity contribution is 9.09. The van der Waals surface area contributed by atoms with E-state index in [1.807, 2.05) is 6.08 Å². The maximum absolute atomic E-state index is 3.72. The monoisotopic (exact) mass is 219 g/mol. The highest BCUT2D eigenvalue weighted by Crippen LogP contribution is 2.20. The molecule has 0 saturated carbocycles. The Morgan fingerprint density at radius 3 is 2.80 bits per heavy atom. The van der Waals surface area contributed by atoms with E-state index in [1.54, 1.807) is 5.54 Å².